The topological polar surface area (TPSA) is 118 Å². The van der Waals surface area contributed by atoms with Crippen molar-refractivity contribution in [2.75, 3.05) is 5.73 Å². The maximum atomic E-state index is 11.1. The first kappa shape index (κ1) is 7.74. The molecule has 0 saturated carbocycles. The van der Waals surface area contributed by atoms with Crippen LogP contribution in [0.25, 0.3) is 0 Å². The highest BCUT2D eigenvalue weighted by molar-refractivity contribution is 5.83. The molecule has 1 aromatic rings. The molecule has 7 nitrogen and oxygen atoms in total. The van der Waals surface area contributed by atoms with Crippen molar-refractivity contribution in [1.29, 1.82) is 0 Å². The number of nitrogen functional groups attached to an aromatic ring is 1. The van der Waals surface area contributed by atoms with E-state index in [9.17, 15) is 9.59 Å². The Kier molecular flexibility index (Phi) is 1.37. The second-order valence-electron chi connectivity index (χ2n) is 2.49. The molecule has 1 aliphatic rings. The van der Waals surface area contributed by atoms with Gasteiger partial charge in [0.15, 0.2) is 6.10 Å². The number of aromatic amines is 1. The Morgan fingerprint density at radius 1 is 1.54 bits per heavy atom. The normalized spacial score (nSPS) is 19.8. The largest absolute Gasteiger partial charge is 0.416 e. The Labute approximate surface area is 71.2 Å². The highest BCUT2D eigenvalue weighted by Gasteiger charge is 2.35. The lowest BCUT2D eigenvalue weighted by molar-refractivity contribution is -0.141. The summed E-state index contributed by atoms with van der Waals surface area (Å²) in [4.78, 5) is 27.6. The van der Waals surface area contributed by atoms with E-state index < -0.39 is 17.6 Å². The van der Waals surface area contributed by atoms with Gasteiger partial charge >= 0.3 is 5.97 Å². The fraction of sp³-hybridized carbons (Fsp3) is 0.167. The smallest absolute Gasteiger partial charge is 0.347 e. The molecule has 0 radical (unpaired) electrons. The molecule has 0 spiro atoms. The number of rotatable bonds is 0. The predicted octanol–water partition coefficient (Wildman–Crippen LogP) is -1.70. The number of esters is 1. The molecule has 7 heteroatoms. The van der Waals surface area contributed by atoms with E-state index in [1.807, 2.05) is 0 Å². The number of carbonyl (C=O) groups excluding carboxylic acids is 1. The van der Waals surface area contributed by atoms with E-state index in [0.717, 1.165) is 0 Å². The van der Waals surface area contributed by atoms with Crippen molar-refractivity contribution in [2.24, 2.45) is 0 Å². The van der Waals surface area contributed by atoms with Gasteiger partial charge in [-0.05, 0) is 0 Å². The Morgan fingerprint density at radius 2 is 2.23 bits per heavy atom. The van der Waals surface area contributed by atoms with Crippen molar-refractivity contribution >= 4 is 11.9 Å². The van der Waals surface area contributed by atoms with E-state index in [2.05, 4.69) is 14.7 Å². The molecule has 0 fully saturated rings. The zero-order valence-electron chi connectivity index (χ0n) is 6.27. The van der Waals surface area contributed by atoms with Crippen molar-refractivity contribution in [1.82, 2.24) is 9.97 Å². The van der Waals surface area contributed by atoms with Gasteiger partial charge < -0.3 is 15.6 Å². The number of carbonyl (C=O) groups is 1. The fourth-order valence-corrected chi connectivity index (χ4v) is 1.05. The minimum Gasteiger partial charge on any atom is -0.416 e. The lowest BCUT2D eigenvalue weighted by atomic mass is 10.3. The number of ether oxygens (including phenoxy) is 1. The number of aliphatic hydroxyl groups excluding tert-OH is 1. The third-order valence-corrected chi connectivity index (χ3v) is 1.61. The molecule has 0 amide bonds. The van der Waals surface area contributed by atoms with Crippen LogP contribution >= 0.6 is 0 Å². The van der Waals surface area contributed by atoms with E-state index in [4.69, 9.17) is 10.8 Å². The molecule has 68 valence electrons. The maximum Gasteiger partial charge on any atom is 0.347 e. The standard InChI is InChI=1S/C6H5N3O4/c7-6-8-1-2(10)5(12)13-3(1)4(11)9-6/h2,10H,(H3,7,8,9,11). The predicted molar refractivity (Wildman–Crippen MR) is 39.9 cm³/mol. The van der Waals surface area contributed by atoms with Gasteiger partial charge in [-0.25, -0.2) is 9.78 Å². The molecular weight excluding hydrogens is 178 g/mol. The maximum absolute atomic E-state index is 11.1. The molecule has 0 aliphatic carbocycles. The molecule has 1 aliphatic heterocycles. The van der Waals surface area contributed by atoms with Crippen LogP contribution in [0.15, 0.2) is 4.79 Å². The molecule has 1 unspecified atom stereocenters. The monoisotopic (exact) mass is 183 g/mol. The summed E-state index contributed by atoms with van der Waals surface area (Å²) in [5.74, 6) is -1.37. The molecule has 0 bridgehead atoms. The Morgan fingerprint density at radius 3 is 2.92 bits per heavy atom. The first-order valence-electron chi connectivity index (χ1n) is 3.39. The average molecular weight is 183 g/mol. The summed E-state index contributed by atoms with van der Waals surface area (Å²) in [6.07, 6.45) is -1.51. The molecule has 2 heterocycles. The van der Waals surface area contributed by atoms with Crippen LogP contribution in [-0.2, 0) is 4.79 Å². The highest BCUT2D eigenvalue weighted by Crippen LogP contribution is 2.27. The van der Waals surface area contributed by atoms with Crippen molar-refractivity contribution < 1.29 is 14.6 Å². The number of hydrogen-bond donors (Lipinski definition) is 3. The molecular formula is C6H5N3O4. The second kappa shape index (κ2) is 2.30. The summed E-state index contributed by atoms with van der Waals surface area (Å²) in [6, 6.07) is 0. The number of nitrogens with zero attached hydrogens (tertiary/aromatic N) is 1. The molecule has 1 atom stereocenters. The van der Waals surface area contributed by atoms with Crippen LogP contribution in [0.4, 0.5) is 5.95 Å². The van der Waals surface area contributed by atoms with E-state index in [1.165, 1.54) is 0 Å². The van der Waals surface area contributed by atoms with Gasteiger partial charge in [-0.1, -0.05) is 0 Å². The lowest BCUT2D eigenvalue weighted by Crippen LogP contribution is -2.13. The Bertz CT molecular complexity index is 438. The van der Waals surface area contributed by atoms with Gasteiger partial charge in [-0.2, -0.15) is 0 Å². The second-order valence-corrected chi connectivity index (χ2v) is 2.49. The summed E-state index contributed by atoms with van der Waals surface area (Å²) >= 11 is 0. The molecule has 13 heavy (non-hydrogen) atoms. The van der Waals surface area contributed by atoms with Crippen LogP contribution in [0.5, 0.6) is 5.75 Å². The quantitative estimate of drug-likeness (QED) is 0.413. The number of aromatic nitrogens is 2. The zero-order chi connectivity index (χ0) is 9.59. The van der Waals surface area contributed by atoms with Gasteiger partial charge in [-0.15, -0.1) is 0 Å². The van der Waals surface area contributed by atoms with Gasteiger partial charge in [0.1, 0.15) is 5.69 Å². The number of fused-ring (bicyclic) bond motifs is 1. The molecule has 2 rings (SSSR count). The average Bonchev–Trinajstić information content (AvgIpc) is 2.32. The Hall–Kier alpha value is -1.89. The van der Waals surface area contributed by atoms with Crippen LogP contribution in [-0.4, -0.2) is 21.0 Å². The third kappa shape index (κ3) is 0.975. The number of H-pyrrole nitrogens is 1. The molecule has 0 aromatic carbocycles. The van der Waals surface area contributed by atoms with E-state index in [1.54, 1.807) is 0 Å². The van der Waals surface area contributed by atoms with Gasteiger partial charge in [0, 0.05) is 0 Å². The summed E-state index contributed by atoms with van der Waals surface area (Å²) in [6.45, 7) is 0. The SMILES string of the molecule is Nc1nc2c(c(=O)[nH]1)OC(=O)C2O. The minimum atomic E-state index is -1.51. The number of hydrogen-bond acceptors (Lipinski definition) is 6. The summed E-state index contributed by atoms with van der Waals surface area (Å²) in [5.41, 5.74) is 4.39. The zero-order valence-corrected chi connectivity index (χ0v) is 6.27. The van der Waals surface area contributed by atoms with Crippen LogP contribution in [0, 0.1) is 0 Å². The van der Waals surface area contributed by atoms with Gasteiger partial charge in [0.25, 0.3) is 5.56 Å². The van der Waals surface area contributed by atoms with Crippen molar-refractivity contribution in [3.8, 4) is 5.75 Å². The molecule has 4 N–H and O–H groups in total. The molecule has 0 saturated heterocycles. The van der Waals surface area contributed by atoms with Crippen LogP contribution < -0.4 is 16.0 Å². The number of anilines is 1. The van der Waals surface area contributed by atoms with E-state index in [-0.39, 0.29) is 17.4 Å². The summed E-state index contributed by atoms with van der Waals surface area (Å²) < 4.78 is 4.45. The van der Waals surface area contributed by atoms with Crippen molar-refractivity contribution in [3.63, 3.8) is 0 Å². The first-order valence-corrected chi connectivity index (χ1v) is 3.39. The number of aliphatic hydroxyl groups is 1. The molecule has 1 aromatic heterocycles. The van der Waals surface area contributed by atoms with E-state index >= 15 is 0 Å². The minimum absolute atomic E-state index is 0.133. The summed E-state index contributed by atoms with van der Waals surface area (Å²) in [5, 5.41) is 9.15. The summed E-state index contributed by atoms with van der Waals surface area (Å²) in [7, 11) is 0. The van der Waals surface area contributed by atoms with Gasteiger partial charge in [-0.3, -0.25) is 9.78 Å². The highest BCUT2D eigenvalue weighted by atomic mass is 16.6. The lowest BCUT2D eigenvalue weighted by Gasteiger charge is -1.96. The van der Waals surface area contributed by atoms with Gasteiger partial charge in [0.2, 0.25) is 11.7 Å². The van der Waals surface area contributed by atoms with Crippen LogP contribution in [0.2, 0.25) is 0 Å². The fourth-order valence-electron chi connectivity index (χ4n) is 1.05. The Balaban J connectivity index is 2.71. The van der Waals surface area contributed by atoms with Crippen molar-refractivity contribution in [2.45, 2.75) is 6.10 Å². The van der Waals surface area contributed by atoms with Gasteiger partial charge in [0.05, 0.1) is 0 Å². The van der Waals surface area contributed by atoms with Crippen LogP contribution in [0.1, 0.15) is 11.8 Å². The first-order chi connectivity index (χ1) is 6.09. The van der Waals surface area contributed by atoms with E-state index in [0.29, 0.717) is 0 Å². The third-order valence-electron chi connectivity index (χ3n) is 1.61. The number of nitrogens with two attached hydrogens (primary N) is 1. The van der Waals surface area contributed by atoms with Crippen molar-refractivity contribution in [3.05, 3.63) is 16.0 Å². The number of nitrogens with one attached hydrogen (secondary N) is 1. The van der Waals surface area contributed by atoms with Crippen LogP contribution in [0.3, 0.4) is 0 Å².